The Morgan fingerprint density at radius 2 is 2.15 bits per heavy atom. The number of halogens is 2. The fourth-order valence-corrected chi connectivity index (χ4v) is 1.13. The van der Waals surface area contributed by atoms with Crippen LogP contribution in [0.1, 0.15) is 5.56 Å². The highest BCUT2D eigenvalue weighted by Gasteiger charge is 2.09. The third-order valence-corrected chi connectivity index (χ3v) is 2.21. The molecule has 0 aliphatic carbocycles. The van der Waals surface area contributed by atoms with Gasteiger partial charge in [-0.2, -0.15) is 0 Å². The maximum Gasteiger partial charge on any atom is 0.307 e. The van der Waals surface area contributed by atoms with E-state index in [1.165, 1.54) is 6.07 Å². The first kappa shape index (κ1) is 9.98. The summed E-state index contributed by atoms with van der Waals surface area (Å²) in [5, 5.41) is 17.5. The summed E-state index contributed by atoms with van der Waals surface area (Å²) < 4.78 is 12.8. The number of benzene rings is 1. The summed E-state index contributed by atoms with van der Waals surface area (Å²) in [6.07, 6.45) is -0.308. The van der Waals surface area contributed by atoms with Crippen molar-refractivity contribution in [1.29, 1.82) is 0 Å². The summed E-state index contributed by atoms with van der Waals surface area (Å²) in [4.78, 5) is 10.3. The molecule has 0 amide bonds. The average molecular weight is 249 g/mol. The summed E-state index contributed by atoms with van der Waals surface area (Å²) in [5.74, 6) is -2.03. The molecule has 0 saturated carbocycles. The molecule has 0 heterocycles. The third kappa shape index (κ3) is 2.42. The van der Waals surface area contributed by atoms with Gasteiger partial charge in [0.25, 0.3) is 0 Å². The molecule has 0 aliphatic heterocycles. The molecule has 5 heteroatoms. The van der Waals surface area contributed by atoms with Crippen molar-refractivity contribution < 1.29 is 19.4 Å². The quantitative estimate of drug-likeness (QED) is 0.841. The maximum atomic E-state index is 12.9. The normalized spacial score (nSPS) is 10.0. The molecule has 0 atom stereocenters. The number of aliphatic carboxylic acids is 1. The molecule has 1 aromatic carbocycles. The van der Waals surface area contributed by atoms with Gasteiger partial charge in [0.1, 0.15) is 11.6 Å². The van der Waals surface area contributed by atoms with Crippen molar-refractivity contribution in [3.05, 3.63) is 28.0 Å². The van der Waals surface area contributed by atoms with Crippen molar-refractivity contribution in [2.24, 2.45) is 0 Å². The van der Waals surface area contributed by atoms with Gasteiger partial charge in [0, 0.05) is 0 Å². The first-order valence-corrected chi connectivity index (χ1v) is 4.18. The van der Waals surface area contributed by atoms with Crippen molar-refractivity contribution in [3.8, 4) is 5.75 Å². The Bertz CT molecular complexity index is 328. The highest BCUT2D eigenvalue weighted by atomic mass is 79.9. The number of carboxylic acid groups (broad SMARTS) is 1. The van der Waals surface area contributed by atoms with E-state index < -0.39 is 11.8 Å². The second-order valence-electron chi connectivity index (χ2n) is 2.48. The van der Waals surface area contributed by atoms with Crippen molar-refractivity contribution in [2.45, 2.75) is 6.42 Å². The van der Waals surface area contributed by atoms with Crippen LogP contribution in [0.5, 0.6) is 5.75 Å². The van der Waals surface area contributed by atoms with Crippen LogP contribution in [0, 0.1) is 5.82 Å². The first-order chi connectivity index (χ1) is 6.00. The van der Waals surface area contributed by atoms with Gasteiger partial charge in [0.05, 0.1) is 10.9 Å². The maximum absolute atomic E-state index is 12.9. The Morgan fingerprint density at radius 3 is 2.62 bits per heavy atom. The van der Waals surface area contributed by atoms with E-state index in [1.54, 1.807) is 0 Å². The number of hydrogen-bond acceptors (Lipinski definition) is 2. The molecule has 70 valence electrons. The predicted molar refractivity (Wildman–Crippen MR) is 47.1 cm³/mol. The molecule has 0 fully saturated rings. The molecule has 0 aromatic heterocycles. The van der Waals surface area contributed by atoms with Gasteiger partial charge in [-0.1, -0.05) is 0 Å². The van der Waals surface area contributed by atoms with E-state index in [0.717, 1.165) is 6.07 Å². The molecular weight excluding hydrogens is 243 g/mol. The Balaban J connectivity index is 3.06. The number of rotatable bonds is 2. The van der Waals surface area contributed by atoms with E-state index in [4.69, 9.17) is 10.2 Å². The van der Waals surface area contributed by atoms with E-state index in [2.05, 4.69) is 15.9 Å². The van der Waals surface area contributed by atoms with E-state index in [1.807, 2.05) is 0 Å². The lowest BCUT2D eigenvalue weighted by Gasteiger charge is -2.02. The fourth-order valence-electron chi connectivity index (χ4n) is 0.906. The van der Waals surface area contributed by atoms with Crippen LogP contribution in [0.4, 0.5) is 4.39 Å². The largest absolute Gasteiger partial charge is 0.507 e. The summed E-state index contributed by atoms with van der Waals surface area (Å²) >= 11 is 2.81. The number of carboxylic acids is 1. The van der Waals surface area contributed by atoms with Crippen LogP contribution in [0.15, 0.2) is 16.6 Å². The molecule has 0 bridgehead atoms. The van der Waals surface area contributed by atoms with Crippen LogP contribution in [-0.2, 0) is 11.2 Å². The van der Waals surface area contributed by atoms with Gasteiger partial charge in [-0.05, 0) is 33.6 Å². The summed E-state index contributed by atoms with van der Waals surface area (Å²) in [6, 6.07) is 2.28. The zero-order valence-corrected chi connectivity index (χ0v) is 8.01. The van der Waals surface area contributed by atoms with E-state index >= 15 is 0 Å². The monoisotopic (exact) mass is 248 g/mol. The van der Waals surface area contributed by atoms with Crippen LogP contribution in [0.2, 0.25) is 0 Å². The molecule has 0 saturated heterocycles. The zero-order valence-electron chi connectivity index (χ0n) is 6.42. The Kier molecular flexibility index (Phi) is 2.87. The molecule has 1 aromatic rings. The van der Waals surface area contributed by atoms with Crippen LogP contribution in [0.25, 0.3) is 0 Å². The topological polar surface area (TPSA) is 57.5 Å². The fraction of sp³-hybridized carbons (Fsp3) is 0.125. The highest BCUT2D eigenvalue weighted by Crippen LogP contribution is 2.28. The number of phenolic OH excluding ortho intramolecular Hbond substituents is 1. The van der Waals surface area contributed by atoms with Gasteiger partial charge in [-0.25, -0.2) is 4.39 Å². The van der Waals surface area contributed by atoms with Gasteiger partial charge >= 0.3 is 5.97 Å². The van der Waals surface area contributed by atoms with Gasteiger partial charge in [0.2, 0.25) is 0 Å². The predicted octanol–water partition coefficient (Wildman–Crippen LogP) is 1.92. The smallest absolute Gasteiger partial charge is 0.307 e. The Hall–Kier alpha value is -1.10. The van der Waals surface area contributed by atoms with Gasteiger partial charge in [-0.3, -0.25) is 4.79 Å². The third-order valence-electron chi connectivity index (χ3n) is 1.42. The van der Waals surface area contributed by atoms with Crippen LogP contribution >= 0.6 is 15.9 Å². The molecule has 2 N–H and O–H groups in total. The van der Waals surface area contributed by atoms with E-state index in [9.17, 15) is 9.18 Å². The molecule has 3 nitrogen and oxygen atoms in total. The number of phenols is 1. The zero-order chi connectivity index (χ0) is 10.0. The molecular formula is C8H6BrFO3. The molecule has 1 rings (SSSR count). The SMILES string of the molecule is O=C(O)Cc1cc(O)c(Br)c(F)c1. The van der Waals surface area contributed by atoms with Crippen molar-refractivity contribution in [3.63, 3.8) is 0 Å². The minimum absolute atomic E-state index is 0.0540. The van der Waals surface area contributed by atoms with E-state index in [-0.39, 0.29) is 22.2 Å². The van der Waals surface area contributed by atoms with Gasteiger partial charge < -0.3 is 10.2 Å². The summed E-state index contributed by atoms with van der Waals surface area (Å²) in [7, 11) is 0. The number of hydrogen-bond donors (Lipinski definition) is 2. The number of aromatic hydroxyl groups is 1. The molecule has 0 spiro atoms. The van der Waals surface area contributed by atoms with Crippen molar-refractivity contribution in [1.82, 2.24) is 0 Å². The second kappa shape index (κ2) is 3.74. The summed E-state index contributed by atoms with van der Waals surface area (Å²) in [6.45, 7) is 0. The molecule has 0 radical (unpaired) electrons. The van der Waals surface area contributed by atoms with Crippen LogP contribution in [0.3, 0.4) is 0 Å². The minimum atomic E-state index is -1.07. The first-order valence-electron chi connectivity index (χ1n) is 3.39. The lowest BCUT2D eigenvalue weighted by Crippen LogP contribution is -2.00. The van der Waals surface area contributed by atoms with Crippen molar-refractivity contribution >= 4 is 21.9 Å². The second-order valence-corrected chi connectivity index (χ2v) is 3.27. The highest BCUT2D eigenvalue weighted by molar-refractivity contribution is 9.10. The van der Waals surface area contributed by atoms with Crippen LogP contribution < -0.4 is 0 Å². The molecule has 13 heavy (non-hydrogen) atoms. The Morgan fingerprint density at radius 1 is 1.54 bits per heavy atom. The van der Waals surface area contributed by atoms with E-state index in [0.29, 0.717) is 0 Å². The van der Waals surface area contributed by atoms with Crippen LogP contribution in [-0.4, -0.2) is 16.2 Å². The van der Waals surface area contributed by atoms with Gasteiger partial charge in [-0.15, -0.1) is 0 Å². The lowest BCUT2D eigenvalue weighted by molar-refractivity contribution is -0.136. The molecule has 0 aliphatic rings. The Labute approximate surface area is 81.9 Å². The standard InChI is InChI=1S/C8H6BrFO3/c9-8-5(10)1-4(2-6(8)11)3-7(12)13/h1-2,11H,3H2,(H,12,13). The molecule has 0 unspecified atom stereocenters. The number of carbonyl (C=O) groups is 1. The summed E-state index contributed by atoms with van der Waals surface area (Å²) in [5.41, 5.74) is 0.228. The lowest BCUT2D eigenvalue weighted by atomic mass is 10.1. The minimum Gasteiger partial charge on any atom is -0.507 e. The van der Waals surface area contributed by atoms with Crippen molar-refractivity contribution in [2.75, 3.05) is 0 Å². The average Bonchev–Trinajstić information content (AvgIpc) is 1.98. The van der Waals surface area contributed by atoms with Gasteiger partial charge in [0.15, 0.2) is 0 Å².